The van der Waals surface area contributed by atoms with Gasteiger partial charge in [0.05, 0.1) is 5.39 Å². The van der Waals surface area contributed by atoms with Crippen LogP contribution >= 0.6 is 11.3 Å². The number of hydrogen-bond donors (Lipinski definition) is 0. The van der Waals surface area contributed by atoms with Crippen LogP contribution in [0.4, 0.5) is 0 Å². The molecule has 3 heterocycles. The predicted octanol–water partition coefficient (Wildman–Crippen LogP) is 2.06. The van der Waals surface area contributed by atoms with Crippen LogP contribution in [0.25, 0.3) is 10.1 Å². The molecule has 3 aromatic rings. The zero-order valence-electron chi connectivity index (χ0n) is 9.79. The van der Waals surface area contributed by atoms with Gasteiger partial charge >= 0.3 is 0 Å². The molecule has 92 valence electrons. The second kappa shape index (κ2) is 4.38. The Morgan fingerprint density at radius 3 is 2.94 bits per heavy atom. The Kier molecular flexibility index (Phi) is 2.71. The molecule has 0 aliphatic rings. The van der Waals surface area contributed by atoms with Gasteiger partial charge in [-0.05, 0) is 17.5 Å². The number of hydrogen-bond acceptors (Lipinski definition) is 5. The van der Waals surface area contributed by atoms with Gasteiger partial charge in [-0.2, -0.15) is 0 Å². The van der Waals surface area contributed by atoms with Crippen molar-refractivity contribution in [2.24, 2.45) is 0 Å². The molecule has 6 heteroatoms. The third kappa shape index (κ3) is 1.84. The summed E-state index contributed by atoms with van der Waals surface area (Å²) in [7, 11) is 0. The maximum absolute atomic E-state index is 12.2. The third-order valence-electron chi connectivity index (χ3n) is 2.71. The van der Waals surface area contributed by atoms with E-state index in [1.165, 1.54) is 0 Å². The molecule has 0 bridgehead atoms. The summed E-state index contributed by atoms with van der Waals surface area (Å²) in [5.74, 6) is 1.05. The van der Waals surface area contributed by atoms with Crippen molar-refractivity contribution in [2.75, 3.05) is 0 Å². The van der Waals surface area contributed by atoms with Crippen molar-refractivity contribution < 1.29 is 4.42 Å². The summed E-state index contributed by atoms with van der Waals surface area (Å²) in [6.45, 7) is 2.26. The summed E-state index contributed by atoms with van der Waals surface area (Å²) in [4.78, 5) is 12.2. The fourth-order valence-corrected chi connectivity index (χ4v) is 2.54. The van der Waals surface area contributed by atoms with E-state index >= 15 is 0 Å². The number of nitrogens with zero attached hydrogens (tertiary/aromatic N) is 3. The minimum atomic E-state index is -0.0231. The molecule has 0 N–H and O–H groups in total. The van der Waals surface area contributed by atoms with Crippen LogP contribution in [-0.4, -0.2) is 14.8 Å². The first-order valence-corrected chi connectivity index (χ1v) is 6.54. The van der Waals surface area contributed by atoms with E-state index in [4.69, 9.17) is 4.42 Å². The minimum Gasteiger partial charge on any atom is -0.423 e. The molecule has 0 amide bonds. The summed E-state index contributed by atoms with van der Waals surface area (Å²) in [5, 5.41) is 10.4. The van der Waals surface area contributed by atoms with Gasteiger partial charge in [-0.3, -0.25) is 4.79 Å². The van der Waals surface area contributed by atoms with Gasteiger partial charge in [0.1, 0.15) is 6.54 Å². The first-order valence-electron chi connectivity index (χ1n) is 5.66. The molecule has 5 nitrogen and oxygen atoms in total. The van der Waals surface area contributed by atoms with Crippen LogP contribution in [0.5, 0.6) is 0 Å². The summed E-state index contributed by atoms with van der Waals surface area (Å²) in [6.07, 6.45) is 2.46. The number of rotatable bonds is 3. The van der Waals surface area contributed by atoms with Gasteiger partial charge in [0.2, 0.25) is 11.8 Å². The molecule has 0 saturated carbocycles. The van der Waals surface area contributed by atoms with E-state index in [-0.39, 0.29) is 5.56 Å². The molecular weight excluding hydrogens is 250 g/mol. The average Bonchev–Trinajstić information content (AvgIpc) is 3.01. The molecule has 0 saturated heterocycles. The van der Waals surface area contributed by atoms with Crippen LogP contribution in [0, 0.1) is 0 Å². The Bertz CT molecular complexity index is 741. The maximum atomic E-state index is 12.2. The highest BCUT2D eigenvalue weighted by molar-refractivity contribution is 7.17. The highest BCUT2D eigenvalue weighted by atomic mass is 32.1. The Morgan fingerprint density at radius 1 is 1.33 bits per heavy atom. The van der Waals surface area contributed by atoms with E-state index in [1.54, 1.807) is 22.1 Å². The first kappa shape index (κ1) is 11.2. The Balaban J connectivity index is 1.99. The normalized spacial score (nSPS) is 11.2. The molecule has 0 radical (unpaired) electrons. The second-order valence-electron chi connectivity index (χ2n) is 3.89. The number of aryl methyl sites for hydroxylation is 1. The predicted molar refractivity (Wildman–Crippen MR) is 68.9 cm³/mol. The molecular formula is C12H11N3O2S. The monoisotopic (exact) mass is 261 g/mol. The van der Waals surface area contributed by atoms with Crippen molar-refractivity contribution in [3.63, 3.8) is 0 Å². The van der Waals surface area contributed by atoms with E-state index < -0.39 is 0 Å². The number of aromatic nitrogens is 3. The number of fused-ring (bicyclic) bond motifs is 1. The molecule has 18 heavy (non-hydrogen) atoms. The standard InChI is InChI=1S/C12H11N3O2S/c1-2-10-13-14-11(17-10)7-15-5-3-9-8(12(15)16)4-6-18-9/h3-6H,2,7H2,1H3. The van der Waals surface area contributed by atoms with Crippen molar-refractivity contribution in [3.05, 3.63) is 45.8 Å². The van der Waals surface area contributed by atoms with E-state index in [1.807, 2.05) is 24.4 Å². The molecule has 0 unspecified atom stereocenters. The maximum Gasteiger partial charge on any atom is 0.259 e. The van der Waals surface area contributed by atoms with Gasteiger partial charge in [-0.1, -0.05) is 6.92 Å². The van der Waals surface area contributed by atoms with Crippen molar-refractivity contribution in [1.82, 2.24) is 14.8 Å². The molecule has 0 aliphatic heterocycles. The largest absolute Gasteiger partial charge is 0.423 e. The van der Waals surface area contributed by atoms with E-state index in [0.29, 0.717) is 24.7 Å². The molecule has 0 fully saturated rings. The molecule has 0 aromatic carbocycles. The fourth-order valence-electron chi connectivity index (χ4n) is 1.77. The molecule has 0 atom stereocenters. The lowest BCUT2D eigenvalue weighted by Gasteiger charge is -2.01. The van der Waals surface area contributed by atoms with Crippen molar-refractivity contribution >= 4 is 21.4 Å². The summed E-state index contributed by atoms with van der Waals surface area (Å²) >= 11 is 1.56. The summed E-state index contributed by atoms with van der Waals surface area (Å²) in [6, 6.07) is 3.77. The lowest BCUT2D eigenvalue weighted by molar-refractivity contribution is 0.440. The average molecular weight is 261 g/mol. The quantitative estimate of drug-likeness (QED) is 0.724. The van der Waals surface area contributed by atoms with E-state index in [2.05, 4.69) is 10.2 Å². The van der Waals surface area contributed by atoms with Crippen LogP contribution < -0.4 is 5.56 Å². The fraction of sp³-hybridized carbons (Fsp3) is 0.250. The second-order valence-corrected chi connectivity index (χ2v) is 4.84. The van der Waals surface area contributed by atoms with Crippen LogP contribution in [-0.2, 0) is 13.0 Å². The van der Waals surface area contributed by atoms with Gasteiger partial charge in [0.25, 0.3) is 5.56 Å². The smallest absolute Gasteiger partial charge is 0.259 e. The van der Waals surface area contributed by atoms with Crippen molar-refractivity contribution in [3.8, 4) is 0 Å². The molecule has 0 aliphatic carbocycles. The molecule has 0 spiro atoms. The SMILES string of the molecule is CCc1nnc(Cn2ccc3sccc3c2=O)o1. The van der Waals surface area contributed by atoms with E-state index in [9.17, 15) is 4.79 Å². The van der Waals surface area contributed by atoms with Crippen molar-refractivity contribution in [2.45, 2.75) is 19.9 Å². The van der Waals surface area contributed by atoms with Crippen LogP contribution in [0.3, 0.4) is 0 Å². The van der Waals surface area contributed by atoms with Crippen molar-refractivity contribution in [1.29, 1.82) is 0 Å². The van der Waals surface area contributed by atoms with E-state index in [0.717, 1.165) is 10.1 Å². The topological polar surface area (TPSA) is 60.9 Å². The Morgan fingerprint density at radius 2 is 2.17 bits per heavy atom. The zero-order chi connectivity index (χ0) is 12.5. The minimum absolute atomic E-state index is 0.0231. The van der Waals surface area contributed by atoms with Gasteiger partial charge in [-0.15, -0.1) is 21.5 Å². The van der Waals surface area contributed by atoms with Gasteiger partial charge < -0.3 is 8.98 Å². The van der Waals surface area contributed by atoms with Crippen LogP contribution in [0.15, 0.2) is 32.9 Å². The third-order valence-corrected chi connectivity index (χ3v) is 3.59. The Hall–Kier alpha value is -1.95. The van der Waals surface area contributed by atoms with Gasteiger partial charge in [0.15, 0.2) is 0 Å². The lowest BCUT2D eigenvalue weighted by atomic mass is 10.3. The molecule has 3 rings (SSSR count). The van der Waals surface area contributed by atoms with Gasteiger partial charge in [0, 0.05) is 17.3 Å². The summed E-state index contributed by atoms with van der Waals surface area (Å²) in [5.41, 5.74) is -0.0231. The number of pyridine rings is 1. The van der Waals surface area contributed by atoms with Gasteiger partial charge in [-0.25, -0.2) is 0 Å². The first-order chi connectivity index (χ1) is 8.78. The number of thiophene rings is 1. The summed E-state index contributed by atoms with van der Waals surface area (Å²) < 4.78 is 7.99. The van der Waals surface area contributed by atoms with Crippen LogP contribution in [0.2, 0.25) is 0 Å². The zero-order valence-corrected chi connectivity index (χ0v) is 10.6. The highest BCUT2D eigenvalue weighted by Crippen LogP contribution is 2.16. The molecule has 3 aromatic heterocycles. The van der Waals surface area contributed by atoms with Crippen LogP contribution in [0.1, 0.15) is 18.7 Å². The Labute approximate surface area is 107 Å². The highest BCUT2D eigenvalue weighted by Gasteiger charge is 2.08. The lowest BCUT2D eigenvalue weighted by Crippen LogP contribution is -2.19.